The molecular weight excluding hydrogens is 606 g/mol. The van der Waals surface area contributed by atoms with Crippen LogP contribution in [0.5, 0.6) is 5.75 Å². The van der Waals surface area contributed by atoms with Crippen molar-refractivity contribution in [3.63, 3.8) is 0 Å². The predicted octanol–water partition coefficient (Wildman–Crippen LogP) is 6.26. The topological polar surface area (TPSA) is 119 Å². The van der Waals surface area contributed by atoms with Crippen LogP contribution >= 0.6 is 7.14 Å². The number of alkyl halides is 3. The van der Waals surface area contributed by atoms with E-state index in [9.17, 15) is 22.8 Å². The Morgan fingerprint density at radius 3 is 2.47 bits per heavy atom. The Labute approximate surface area is 260 Å². The molecule has 14 heteroatoms. The van der Waals surface area contributed by atoms with E-state index >= 15 is 0 Å². The first kappa shape index (κ1) is 32.6. The number of aliphatic hydroxyl groups is 1. The molecule has 0 spiro atoms. The van der Waals surface area contributed by atoms with E-state index in [1.165, 1.54) is 6.07 Å². The lowest BCUT2D eigenvalue weighted by atomic mass is 10.0. The minimum absolute atomic E-state index is 0.141. The van der Waals surface area contributed by atoms with Crippen molar-refractivity contribution in [3.8, 4) is 5.75 Å². The van der Waals surface area contributed by atoms with Gasteiger partial charge in [0.15, 0.2) is 5.75 Å². The van der Waals surface area contributed by atoms with Crippen LogP contribution in [0.25, 0.3) is 11.0 Å². The number of anilines is 5. The zero-order valence-corrected chi connectivity index (χ0v) is 26.8. The van der Waals surface area contributed by atoms with Crippen LogP contribution in [0.3, 0.4) is 0 Å². The Balaban J connectivity index is 1.40. The van der Waals surface area contributed by atoms with Crippen LogP contribution in [0, 0.1) is 0 Å². The first-order valence-corrected chi connectivity index (χ1v) is 17.3. The maximum Gasteiger partial charge on any atom is 0.573 e. The number of hydrogen-bond acceptors (Lipinski definition) is 9. The Kier molecular flexibility index (Phi) is 9.08. The summed E-state index contributed by atoms with van der Waals surface area (Å²) < 4.78 is 58.0. The van der Waals surface area contributed by atoms with Crippen LogP contribution in [-0.4, -0.2) is 83.0 Å². The van der Waals surface area contributed by atoms with Gasteiger partial charge in [-0.25, -0.2) is 0 Å². The van der Waals surface area contributed by atoms with E-state index in [2.05, 4.69) is 35.2 Å². The van der Waals surface area contributed by atoms with Gasteiger partial charge in [0, 0.05) is 48.9 Å². The summed E-state index contributed by atoms with van der Waals surface area (Å²) in [6.45, 7) is 8.45. The molecule has 0 aliphatic carbocycles. The van der Waals surface area contributed by atoms with Gasteiger partial charge in [0.2, 0.25) is 5.95 Å². The van der Waals surface area contributed by atoms with Crippen LogP contribution < -0.4 is 25.6 Å². The highest BCUT2D eigenvalue weighted by molar-refractivity contribution is 7.70. The summed E-state index contributed by atoms with van der Waals surface area (Å²) >= 11 is 0. The largest absolute Gasteiger partial charge is 0.573 e. The first-order chi connectivity index (χ1) is 21.1. The van der Waals surface area contributed by atoms with Gasteiger partial charge >= 0.3 is 6.36 Å². The molecule has 0 saturated carbocycles. The van der Waals surface area contributed by atoms with Crippen molar-refractivity contribution < 1.29 is 27.6 Å². The number of hydrogen-bond donors (Lipinski definition) is 4. The number of nitrogens with one attached hydrogen (secondary N) is 3. The molecule has 0 amide bonds. The molecule has 1 fully saturated rings. The molecule has 10 nitrogen and oxygen atoms in total. The molecule has 1 aliphatic heterocycles. The molecule has 0 radical (unpaired) electrons. The molecule has 45 heavy (non-hydrogen) atoms. The summed E-state index contributed by atoms with van der Waals surface area (Å²) in [4.78, 5) is 16.2. The maximum absolute atomic E-state index is 13.5. The summed E-state index contributed by atoms with van der Waals surface area (Å²) in [5, 5.41) is 17.8. The van der Waals surface area contributed by atoms with E-state index in [0.717, 1.165) is 12.8 Å². The molecule has 4 N–H and O–H groups in total. The number of aromatic nitrogens is 3. The van der Waals surface area contributed by atoms with Crippen molar-refractivity contribution in [1.29, 1.82) is 0 Å². The fourth-order valence-electron chi connectivity index (χ4n) is 5.74. The average Bonchev–Trinajstić information content (AvgIpc) is 3.40. The van der Waals surface area contributed by atoms with Crippen molar-refractivity contribution in [1.82, 2.24) is 19.9 Å². The second kappa shape index (κ2) is 12.5. The Hall–Kier alpha value is -3.80. The lowest BCUT2D eigenvalue weighted by Gasteiger charge is -2.40. The molecule has 0 atom stereocenters. The number of nitrogens with zero attached hydrogens (tertiary/aromatic N) is 4. The number of piperidine rings is 1. The van der Waals surface area contributed by atoms with Crippen LogP contribution in [-0.2, 0) is 4.57 Å². The molecule has 3 heterocycles. The van der Waals surface area contributed by atoms with Gasteiger partial charge in [-0.3, -0.25) is 0 Å². The standard InChI is InChI=1S/C31H39F3N7O3P/c1-30(2,42)19-40(3)21-13-16-41(17-14-21)24-11-10-20(18-25(24)44-31(32,33)34)36-29-38-27-22(12-15-35-27)28(39-29)37-23-8-6-7-9-26(23)45(4,5)43/h6-12,15,18,21,42H,13-14,16-17,19H2,1-5H3,(H3,35,36,37,38,39). The number of H-pyrrole nitrogens is 1. The number of aromatic amines is 1. The summed E-state index contributed by atoms with van der Waals surface area (Å²) in [5.74, 6) is 0.249. The lowest BCUT2D eigenvalue weighted by molar-refractivity contribution is -0.274. The van der Waals surface area contributed by atoms with Crippen molar-refractivity contribution in [2.45, 2.75) is 44.7 Å². The zero-order valence-electron chi connectivity index (χ0n) is 25.9. The third kappa shape index (κ3) is 8.27. The van der Waals surface area contributed by atoms with Crippen LogP contribution in [0.2, 0.25) is 0 Å². The van der Waals surface area contributed by atoms with E-state index < -0.39 is 19.1 Å². The first-order valence-electron chi connectivity index (χ1n) is 14.7. The number of benzene rings is 2. The number of ether oxygens (including phenoxy) is 1. The van der Waals surface area contributed by atoms with E-state index in [-0.39, 0.29) is 17.7 Å². The minimum atomic E-state index is -4.89. The molecule has 1 aliphatic rings. The molecule has 0 unspecified atom stereocenters. The average molecular weight is 646 g/mol. The monoisotopic (exact) mass is 645 g/mol. The lowest BCUT2D eigenvalue weighted by Crippen LogP contribution is -2.47. The number of likely N-dealkylation sites (N-methyl/N-ethyl adjacent to an activating group) is 1. The fraction of sp³-hybridized carbons (Fsp3) is 0.419. The van der Waals surface area contributed by atoms with Gasteiger partial charge in [0.1, 0.15) is 18.6 Å². The van der Waals surface area contributed by atoms with Gasteiger partial charge in [0.25, 0.3) is 0 Å². The van der Waals surface area contributed by atoms with Gasteiger partial charge in [-0.15, -0.1) is 13.2 Å². The quantitative estimate of drug-likeness (QED) is 0.148. The third-order valence-electron chi connectivity index (χ3n) is 7.66. The number of rotatable bonds is 10. The maximum atomic E-state index is 13.5. The van der Waals surface area contributed by atoms with Gasteiger partial charge in [0.05, 0.1) is 22.4 Å². The van der Waals surface area contributed by atoms with E-state index in [1.807, 2.05) is 30.1 Å². The minimum Gasteiger partial charge on any atom is -0.403 e. The Morgan fingerprint density at radius 2 is 1.80 bits per heavy atom. The molecule has 4 aromatic rings. The SMILES string of the molecule is CN(CC(C)(C)O)C1CCN(c2ccc(Nc3nc(Nc4ccccc4P(C)(C)=O)c4cc[nH]c4n3)cc2OC(F)(F)F)CC1. The molecule has 2 aromatic carbocycles. The van der Waals surface area contributed by atoms with Gasteiger partial charge in [-0.2, -0.15) is 9.97 Å². The highest BCUT2D eigenvalue weighted by atomic mass is 31.2. The van der Waals surface area contributed by atoms with Gasteiger partial charge < -0.3 is 39.8 Å². The molecule has 242 valence electrons. The van der Waals surface area contributed by atoms with Crippen molar-refractivity contribution >= 4 is 52.3 Å². The highest BCUT2D eigenvalue weighted by Gasteiger charge is 2.34. The molecular formula is C31H39F3N7O3P. The van der Waals surface area contributed by atoms with Crippen molar-refractivity contribution in [3.05, 3.63) is 54.7 Å². The van der Waals surface area contributed by atoms with Gasteiger partial charge in [-0.05, 0) is 77.4 Å². The van der Waals surface area contributed by atoms with Crippen LogP contribution in [0.1, 0.15) is 26.7 Å². The summed E-state index contributed by atoms with van der Waals surface area (Å²) in [7, 11) is -0.660. The summed E-state index contributed by atoms with van der Waals surface area (Å²) in [6.07, 6.45) is -1.72. The zero-order chi connectivity index (χ0) is 32.6. The smallest absolute Gasteiger partial charge is 0.403 e. The Bertz CT molecular complexity index is 1690. The molecule has 2 aromatic heterocycles. The number of halogens is 3. The van der Waals surface area contributed by atoms with E-state index in [0.29, 0.717) is 58.9 Å². The van der Waals surface area contributed by atoms with Crippen molar-refractivity contribution in [2.75, 3.05) is 55.5 Å². The molecule has 1 saturated heterocycles. The number of fused-ring (bicyclic) bond motifs is 1. The van der Waals surface area contributed by atoms with Gasteiger partial charge in [-0.1, -0.05) is 12.1 Å². The third-order valence-corrected chi connectivity index (χ3v) is 9.21. The molecule has 0 bridgehead atoms. The number of para-hydroxylation sites is 1. The molecule has 5 rings (SSSR count). The van der Waals surface area contributed by atoms with E-state index in [4.69, 9.17) is 0 Å². The normalized spacial score (nSPS) is 15.1. The van der Waals surface area contributed by atoms with Crippen molar-refractivity contribution in [2.24, 2.45) is 0 Å². The predicted molar refractivity (Wildman–Crippen MR) is 173 cm³/mol. The van der Waals surface area contributed by atoms with E-state index in [1.54, 1.807) is 57.6 Å². The Morgan fingerprint density at radius 1 is 1.09 bits per heavy atom. The second-order valence-corrected chi connectivity index (χ2v) is 15.6. The van der Waals surface area contributed by atoms with Crippen LogP contribution in [0.4, 0.5) is 42.0 Å². The second-order valence-electron chi connectivity index (χ2n) is 12.4. The summed E-state index contributed by atoms with van der Waals surface area (Å²) in [5.41, 5.74) is 0.947. The van der Waals surface area contributed by atoms with Crippen LogP contribution in [0.15, 0.2) is 54.7 Å². The highest BCUT2D eigenvalue weighted by Crippen LogP contribution is 2.40. The summed E-state index contributed by atoms with van der Waals surface area (Å²) in [6, 6.07) is 13.8. The fourth-order valence-corrected chi connectivity index (χ4v) is 6.90.